The quantitative estimate of drug-likeness (QED) is 0.345. The Kier molecular flexibility index (Phi) is 7.01. The van der Waals surface area contributed by atoms with Gasteiger partial charge in [0.25, 0.3) is 0 Å². The van der Waals surface area contributed by atoms with Gasteiger partial charge in [-0.15, -0.1) is 21.5 Å². The van der Waals surface area contributed by atoms with Crippen LogP contribution in [0.5, 0.6) is 11.5 Å². The normalized spacial score (nSPS) is 10.7. The molecule has 0 aliphatic heterocycles. The van der Waals surface area contributed by atoms with Crippen LogP contribution < -0.4 is 10.1 Å². The van der Waals surface area contributed by atoms with E-state index in [2.05, 4.69) is 27.0 Å². The first-order valence-corrected chi connectivity index (χ1v) is 11.7. The average molecular weight is 451 g/mol. The lowest BCUT2D eigenvalue weighted by molar-refractivity contribution is -0.113. The number of aryl methyl sites for hydroxylation is 3. The Morgan fingerprint density at radius 1 is 1.13 bits per heavy atom. The average Bonchev–Trinajstić information content (AvgIpc) is 3.45. The van der Waals surface area contributed by atoms with Crippen LogP contribution in [0.4, 0.5) is 5.69 Å². The number of rotatable bonds is 9. The first-order chi connectivity index (χ1) is 15.2. The maximum atomic E-state index is 12.6. The van der Waals surface area contributed by atoms with Gasteiger partial charge in [0.2, 0.25) is 5.91 Å². The lowest BCUT2D eigenvalue weighted by atomic mass is 10.2. The van der Waals surface area contributed by atoms with Crippen LogP contribution >= 0.6 is 23.1 Å². The predicted molar refractivity (Wildman–Crippen MR) is 125 cm³/mol. The van der Waals surface area contributed by atoms with Crippen molar-refractivity contribution >= 4 is 34.7 Å². The molecule has 1 amide bonds. The van der Waals surface area contributed by atoms with Gasteiger partial charge in [-0.25, -0.2) is 0 Å². The molecule has 0 saturated heterocycles. The summed E-state index contributed by atoms with van der Waals surface area (Å²) in [4.78, 5) is 13.9. The molecule has 0 aliphatic rings. The standard InChI is InChI=1S/C23H22N4O2S2/c1-17-8-10-18(11-9-17)29-21-7-3-2-6-20(21)25-22(28)15-31-23-26-24-16-27(23)13-12-19-5-4-14-30-19/h2-11,14,16H,12-13,15H2,1H3,(H,25,28). The molecule has 0 atom stereocenters. The third-order valence-corrected chi connectivity index (χ3v) is 6.42. The first kappa shape index (κ1) is 21.1. The van der Waals surface area contributed by atoms with Gasteiger partial charge in [-0.1, -0.05) is 47.7 Å². The van der Waals surface area contributed by atoms with Gasteiger partial charge in [0.15, 0.2) is 10.9 Å². The second-order valence-electron chi connectivity index (χ2n) is 6.88. The summed E-state index contributed by atoms with van der Waals surface area (Å²) in [7, 11) is 0. The number of benzene rings is 2. The fourth-order valence-corrected chi connectivity index (χ4v) is 4.34. The van der Waals surface area contributed by atoms with E-state index in [4.69, 9.17) is 4.74 Å². The number of thioether (sulfide) groups is 1. The summed E-state index contributed by atoms with van der Waals surface area (Å²) in [6, 6.07) is 19.4. The van der Waals surface area contributed by atoms with Crippen LogP contribution in [0.2, 0.25) is 0 Å². The van der Waals surface area contributed by atoms with E-state index in [0.717, 1.165) is 29.4 Å². The molecule has 0 saturated carbocycles. The van der Waals surface area contributed by atoms with Gasteiger partial charge in [0.05, 0.1) is 11.4 Å². The number of anilines is 1. The van der Waals surface area contributed by atoms with Crippen molar-refractivity contribution in [2.45, 2.75) is 25.0 Å². The van der Waals surface area contributed by atoms with Crippen LogP contribution in [-0.4, -0.2) is 26.4 Å². The summed E-state index contributed by atoms with van der Waals surface area (Å²) in [6.45, 7) is 2.81. The largest absolute Gasteiger partial charge is 0.455 e. The van der Waals surface area contributed by atoms with E-state index in [9.17, 15) is 4.79 Å². The zero-order valence-corrected chi connectivity index (χ0v) is 18.7. The second kappa shape index (κ2) is 10.3. The van der Waals surface area contributed by atoms with Crippen LogP contribution in [0.3, 0.4) is 0 Å². The van der Waals surface area contributed by atoms with Gasteiger partial charge in [-0.3, -0.25) is 4.79 Å². The minimum atomic E-state index is -0.127. The zero-order chi connectivity index (χ0) is 21.5. The third kappa shape index (κ3) is 5.96. The molecule has 2 aromatic carbocycles. The minimum Gasteiger partial charge on any atom is -0.455 e. The number of ether oxygens (including phenoxy) is 1. The Morgan fingerprint density at radius 2 is 1.97 bits per heavy atom. The zero-order valence-electron chi connectivity index (χ0n) is 17.0. The summed E-state index contributed by atoms with van der Waals surface area (Å²) in [5, 5.41) is 13.9. The highest BCUT2D eigenvalue weighted by molar-refractivity contribution is 7.99. The Balaban J connectivity index is 1.33. The number of carbonyl (C=O) groups excluding carboxylic acids is 1. The van der Waals surface area contributed by atoms with Crippen molar-refractivity contribution in [3.63, 3.8) is 0 Å². The lowest BCUT2D eigenvalue weighted by Gasteiger charge is -2.12. The number of para-hydroxylation sites is 2. The Bertz CT molecular complexity index is 1120. The van der Waals surface area contributed by atoms with Crippen LogP contribution in [0.25, 0.3) is 0 Å². The molecule has 4 aromatic rings. The number of nitrogens with one attached hydrogen (secondary N) is 1. The molecule has 0 bridgehead atoms. The highest BCUT2D eigenvalue weighted by atomic mass is 32.2. The van der Waals surface area contributed by atoms with E-state index in [-0.39, 0.29) is 11.7 Å². The van der Waals surface area contributed by atoms with Gasteiger partial charge in [0.1, 0.15) is 12.1 Å². The van der Waals surface area contributed by atoms with Crippen LogP contribution in [0.15, 0.2) is 77.5 Å². The molecular formula is C23H22N4O2S2. The lowest BCUT2D eigenvalue weighted by Crippen LogP contribution is -2.15. The fraction of sp³-hybridized carbons (Fsp3) is 0.174. The highest BCUT2D eigenvalue weighted by Gasteiger charge is 2.12. The maximum Gasteiger partial charge on any atom is 0.234 e. The topological polar surface area (TPSA) is 69.0 Å². The summed E-state index contributed by atoms with van der Waals surface area (Å²) in [5.41, 5.74) is 1.79. The molecule has 0 spiro atoms. The summed E-state index contributed by atoms with van der Waals surface area (Å²) in [6.07, 6.45) is 2.62. The molecule has 31 heavy (non-hydrogen) atoms. The fourth-order valence-electron chi connectivity index (χ4n) is 2.90. The summed E-state index contributed by atoms with van der Waals surface area (Å²) in [5.74, 6) is 1.43. The van der Waals surface area contributed by atoms with Gasteiger partial charge in [0, 0.05) is 11.4 Å². The minimum absolute atomic E-state index is 0.127. The van der Waals surface area contributed by atoms with Crippen molar-refractivity contribution in [3.05, 3.63) is 82.8 Å². The number of hydrogen-bond donors (Lipinski definition) is 1. The number of amides is 1. The number of nitrogens with zero attached hydrogens (tertiary/aromatic N) is 3. The van der Waals surface area contributed by atoms with Gasteiger partial charge < -0.3 is 14.6 Å². The van der Waals surface area contributed by atoms with Gasteiger partial charge >= 0.3 is 0 Å². The molecule has 0 radical (unpaired) electrons. The molecule has 2 aromatic heterocycles. The molecule has 8 heteroatoms. The number of carbonyl (C=O) groups is 1. The molecule has 2 heterocycles. The number of aromatic nitrogens is 3. The van der Waals surface area contributed by atoms with E-state index >= 15 is 0 Å². The Hall–Kier alpha value is -3.10. The van der Waals surface area contributed by atoms with Crippen molar-refractivity contribution < 1.29 is 9.53 Å². The smallest absolute Gasteiger partial charge is 0.234 e. The predicted octanol–water partition coefficient (Wildman–Crippen LogP) is 5.41. The van der Waals surface area contributed by atoms with E-state index in [1.54, 1.807) is 17.7 Å². The number of hydrogen-bond acceptors (Lipinski definition) is 6. The monoisotopic (exact) mass is 450 g/mol. The molecule has 158 valence electrons. The van der Waals surface area contributed by atoms with Crippen LogP contribution in [0.1, 0.15) is 10.4 Å². The molecule has 0 fully saturated rings. The van der Waals surface area contributed by atoms with E-state index in [1.807, 2.05) is 66.1 Å². The van der Waals surface area contributed by atoms with Crippen molar-refractivity contribution in [1.29, 1.82) is 0 Å². The van der Waals surface area contributed by atoms with Crippen molar-refractivity contribution in [3.8, 4) is 11.5 Å². The van der Waals surface area contributed by atoms with Gasteiger partial charge in [-0.05, 0) is 49.1 Å². The van der Waals surface area contributed by atoms with Crippen molar-refractivity contribution in [2.24, 2.45) is 0 Å². The third-order valence-electron chi connectivity index (χ3n) is 4.50. The molecular weight excluding hydrogens is 428 g/mol. The van der Waals surface area contributed by atoms with E-state index < -0.39 is 0 Å². The number of thiophene rings is 1. The maximum absolute atomic E-state index is 12.6. The van der Waals surface area contributed by atoms with Crippen molar-refractivity contribution in [2.75, 3.05) is 11.1 Å². The molecule has 0 unspecified atom stereocenters. The first-order valence-electron chi connectivity index (χ1n) is 9.84. The van der Waals surface area contributed by atoms with Gasteiger partial charge in [-0.2, -0.15) is 0 Å². The molecule has 6 nitrogen and oxygen atoms in total. The summed E-state index contributed by atoms with van der Waals surface area (Å²) >= 11 is 3.11. The summed E-state index contributed by atoms with van der Waals surface area (Å²) < 4.78 is 7.93. The SMILES string of the molecule is Cc1ccc(Oc2ccccc2NC(=O)CSc2nncn2CCc2cccs2)cc1. The Labute approximate surface area is 189 Å². The van der Waals surface area contributed by atoms with Crippen molar-refractivity contribution in [1.82, 2.24) is 14.8 Å². The van der Waals surface area contributed by atoms with Crippen LogP contribution in [-0.2, 0) is 17.8 Å². The second-order valence-corrected chi connectivity index (χ2v) is 8.86. The molecule has 4 rings (SSSR count). The Morgan fingerprint density at radius 3 is 2.77 bits per heavy atom. The van der Waals surface area contributed by atoms with E-state index in [0.29, 0.717) is 11.4 Å². The molecule has 1 N–H and O–H groups in total. The van der Waals surface area contributed by atoms with Crippen LogP contribution in [0, 0.1) is 6.92 Å². The highest BCUT2D eigenvalue weighted by Crippen LogP contribution is 2.29. The van der Waals surface area contributed by atoms with E-state index in [1.165, 1.54) is 16.6 Å². The molecule has 0 aliphatic carbocycles.